The molecule has 0 aliphatic rings. The van der Waals surface area contributed by atoms with E-state index in [4.69, 9.17) is 0 Å². The normalized spacial score (nSPS) is 11.1. The van der Waals surface area contributed by atoms with Crippen molar-refractivity contribution in [3.8, 4) is 0 Å². The van der Waals surface area contributed by atoms with Crippen molar-refractivity contribution in [1.29, 1.82) is 0 Å². The number of carbonyl (C=O) groups excluding carboxylic acids is 1. The van der Waals surface area contributed by atoms with E-state index in [-0.39, 0.29) is 0 Å². The van der Waals surface area contributed by atoms with Gasteiger partial charge in [-0.15, -0.1) is 0 Å². The predicted octanol–water partition coefficient (Wildman–Crippen LogP) is 3.10. The Morgan fingerprint density at radius 3 is 2.56 bits per heavy atom. The number of aryl methyl sites for hydroxylation is 1. The first-order valence-corrected chi connectivity index (χ1v) is 5.92. The van der Waals surface area contributed by atoms with E-state index in [1.807, 2.05) is 39.0 Å². The summed E-state index contributed by atoms with van der Waals surface area (Å²) in [4.78, 5) is 23.0. The number of nitrogens with zero attached hydrogens (tertiary/aromatic N) is 1. The number of aldehydes is 1. The number of carboxylic acid groups (broad SMARTS) is 1. The zero-order chi connectivity index (χ0) is 13.8. The lowest BCUT2D eigenvalue weighted by Crippen LogP contribution is -2.45. The van der Waals surface area contributed by atoms with Crippen LogP contribution in [0.3, 0.4) is 0 Å². The van der Waals surface area contributed by atoms with E-state index in [2.05, 4.69) is 0 Å². The standard InChI is InChI=1S/C14H19NO3/c1-14(2,3)15(13(17)18)12-8-4-6-11(10-12)7-5-9-16/h4,6,8-10H,5,7H2,1-3H3,(H,17,18). The lowest BCUT2D eigenvalue weighted by Gasteiger charge is -2.33. The fourth-order valence-electron chi connectivity index (χ4n) is 1.86. The van der Waals surface area contributed by atoms with Crippen LogP contribution in [0.5, 0.6) is 0 Å². The SMILES string of the molecule is CC(C)(C)N(C(=O)O)c1cccc(CCC=O)c1. The molecule has 1 amide bonds. The van der Waals surface area contributed by atoms with Crippen LogP contribution in [0.1, 0.15) is 32.8 Å². The highest BCUT2D eigenvalue weighted by atomic mass is 16.4. The summed E-state index contributed by atoms with van der Waals surface area (Å²) in [5.74, 6) is 0. The van der Waals surface area contributed by atoms with Gasteiger partial charge < -0.3 is 9.90 Å². The summed E-state index contributed by atoms with van der Waals surface area (Å²) in [7, 11) is 0. The zero-order valence-corrected chi connectivity index (χ0v) is 11.0. The van der Waals surface area contributed by atoms with Crippen LogP contribution in [-0.2, 0) is 11.2 Å². The molecule has 1 N–H and O–H groups in total. The minimum atomic E-state index is -0.977. The van der Waals surface area contributed by atoms with Crippen LogP contribution in [0.4, 0.5) is 10.5 Å². The number of amides is 1. The highest BCUT2D eigenvalue weighted by molar-refractivity contribution is 5.87. The number of hydrogen-bond acceptors (Lipinski definition) is 2. The number of hydrogen-bond donors (Lipinski definition) is 1. The molecule has 0 spiro atoms. The van der Waals surface area contributed by atoms with Crippen molar-refractivity contribution in [2.24, 2.45) is 0 Å². The monoisotopic (exact) mass is 249 g/mol. The molecule has 0 atom stereocenters. The molecular weight excluding hydrogens is 230 g/mol. The maximum Gasteiger partial charge on any atom is 0.412 e. The molecule has 0 saturated heterocycles. The van der Waals surface area contributed by atoms with E-state index < -0.39 is 11.6 Å². The van der Waals surface area contributed by atoms with Crippen LogP contribution in [-0.4, -0.2) is 23.0 Å². The fourth-order valence-corrected chi connectivity index (χ4v) is 1.86. The van der Waals surface area contributed by atoms with Gasteiger partial charge in [-0.25, -0.2) is 4.79 Å². The van der Waals surface area contributed by atoms with Crippen molar-refractivity contribution in [3.63, 3.8) is 0 Å². The van der Waals surface area contributed by atoms with Gasteiger partial charge in [0.15, 0.2) is 0 Å². The van der Waals surface area contributed by atoms with Crippen molar-refractivity contribution in [2.45, 2.75) is 39.2 Å². The van der Waals surface area contributed by atoms with Crippen molar-refractivity contribution in [3.05, 3.63) is 29.8 Å². The quantitative estimate of drug-likeness (QED) is 0.834. The highest BCUT2D eigenvalue weighted by Crippen LogP contribution is 2.25. The van der Waals surface area contributed by atoms with Gasteiger partial charge in [-0.1, -0.05) is 12.1 Å². The summed E-state index contributed by atoms with van der Waals surface area (Å²) in [6, 6.07) is 7.31. The second kappa shape index (κ2) is 5.67. The third-order valence-corrected chi connectivity index (χ3v) is 2.58. The number of anilines is 1. The molecule has 0 aliphatic heterocycles. The van der Waals surface area contributed by atoms with Crippen LogP contribution in [0, 0.1) is 0 Å². The molecule has 1 rings (SSSR count). The van der Waals surface area contributed by atoms with Crippen LogP contribution in [0.25, 0.3) is 0 Å². The molecule has 18 heavy (non-hydrogen) atoms. The second-order valence-corrected chi connectivity index (χ2v) is 5.16. The summed E-state index contributed by atoms with van der Waals surface area (Å²) in [5, 5.41) is 9.30. The van der Waals surface area contributed by atoms with Gasteiger partial charge in [0.1, 0.15) is 6.29 Å². The minimum absolute atomic E-state index is 0.450. The lowest BCUT2D eigenvalue weighted by molar-refractivity contribution is -0.107. The summed E-state index contributed by atoms with van der Waals surface area (Å²) >= 11 is 0. The van der Waals surface area contributed by atoms with Crippen LogP contribution >= 0.6 is 0 Å². The average molecular weight is 249 g/mol. The molecule has 1 aromatic rings. The van der Waals surface area contributed by atoms with E-state index in [0.29, 0.717) is 18.5 Å². The molecule has 0 aliphatic carbocycles. The van der Waals surface area contributed by atoms with Crippen molar-refractivity contribution in [1.82, 2.24) is 0 Å². The maximum atomic E-state index is 11.3. The molecule has 4 heteroatoms. The lowest BCUT2D eigenvalue weighted by atomic mass is 10.0. The first-order valence-electron chi connectivity index (χ1n) is 5.92. The summed E-state index contributed by atoms with van der Waals surface area (Å²) in [5.41, 5.74) is 1.10. The largest absolute Gasteiger partial charge is 0.465 e. The first-order chi connectivity index (χ1) is 8.36. The second-order valence-electron chi connectivity index (χ2n) is 5.16. The van der Waals surface area contributed by atoms with Gasteiger partial charge in [-0.3, -0.25) is 4.90 Å². The van der Waals surface area contributed by atoms with E-state index in [9.17, 15) is 14.7 Å². The van der Waals surface area contributed by atoms with E-state index in [0.717, 1.165) is 11.8 Å². The van der Waals surface area contributed by atoms with E-state index >= 15 is 0 Å². The third kappa shape index (κ3) is 3.58. The molecule has 0 fully saturated rings. The molecule has 0 aromatic heterocycles. The maximum absolute atomic E-state index is 11.3. The Morgan fingerprint density at radius 2 is 2.06 bits per heavy atom. The van der Waals surface area contributed by atoms with Gasteiger partial charge in [0, 0.05) is 17.6 Å². The zero-order valence-electron chi connectivity index (χ0n) is 11.0. The topological polar surface area (TPSA) is 57.6 Å². The Morgan fingerprint density at radius 1 is 1.39 bits per heavy atom. The molecule has 0 unspecified atom stereocenters. The smallest absolute Gasteiger partial charge is 0.412 e. The Balaban J connectivity index is 3.06. The number of carbonyl (C=O) groups is 2. The highest BCUT2D eigenvalue weighted by Gasteiger charge is 2.27. The Hall–Kier alpha value is -1.84. The molecule has 0 radical (unpaired) electrons. The Labute approximate surface area is 107 Å². The van der Waals surface area contributed by atoms with Gasteiger partial charge in [0.25, 0.3) is 0 Å². The molecule has 0 heterocycles. The van der Waals surface area contributed by atoms with Crippen LogP contribution in [0.2, 0.25) is 0 Å². The van der Waals surface area contributed by atoms with Gasteiger partial charge in [-0.2, -0.15) is 0 Å². The van der Waals surface area contributed by atoms with Crippen molar-refractivity contribution in [2.75, 3.05) is 4.90 Å². The molecule has 0 saturated carbocycles. The van der Waals surface area contributed by atoms with Crippen LogP contribution in [0.15, 0.2) is 24.3 Å². The van der Waals surface area contributed by atoms with Crippen molar-refractivity contribution < 1.29 is 14.7 Å². The molecular formula is C14H19NO3. The van der Waals surface area contributed by atoms with Crippen LogP contribution < -0.4 is 4.90 Å². The predicted molar refractivity (Wildman–Crippen MR) is 71.1 cm³/mol. The van der Waals surface area contributed by atoms with Gasteiger partial charge in [-0.05, 0) is 44.9 Å². The molecule has 0 bridgehead atoms. The van der Waals surface area contributed by atoms with Crippen molar-refractivity contribution >= 4 is 18.1 Å². The van der Waals surface area contributed by atoms with Gasteiger partial charge >= 0.3 is 6.09 Å². The Bertz CT molecular complexity index is 435. The number of rotatable bonds is 4. The first kappa shape index (κ1) is 14.2. The fraction of sp³-hybridized carbons (Fsp3) is 0.429. The molecule has 1 aromatic carbocycles. The van der Waals surface area contributed by atoms with Gasteiger partial charge in [0.2, 0.25) is 0 Å². The molecule has 98 valence electrons. The average Bonchev–Trinajstić information content (AvgIpc) is 2.24. The molecule has 4 nitrogen and oxygen atoms in total. The van der Waals surface area contributed by atoms with Gasteiger partial charge in [0.05, 0.1) is 0 Å². The van der Waals surface area contributed by atoms with E-state index in [1.165, 1.54) is 4.90 Å². The number of benzene rings is 1. The van der Waals surface area contributed by atoms with E-state index in [1.54, 1.807) is 6.07 Å². The summed E-state index contributed by atoms with van der Waals surface area (Å²) in [6.07, 6.45) is 0.974. The summed E-state index contributed by atoms with van der Waals surface area (Å²) in [6.45, 7) is 5.54. The minimum Gasteiger partial charge on any atom is -0.465 e. The summed E-state index contributed by atoms with van der Waals surface area (Å²) < 4.78 is 0. The Kier molecular flexibility index (Phi) is 4.48. The third-order valence-electron chi connectivity index (χ3n) is 2.58.